The number of carbonyl (C=O) groups is 1. The van der Waals surface area contributed by atoms with Crippen LogP contribution in [0.2, 0.25) is 0 Å². The SMILES string of the molecule is O=C(N1CCCCC1/C=N/N1CC1c1ccccc1)C(F)(F)F. The Balaban J connectivity index is 1.63. The number of rotatable bonds is 3. The molecule has 2 heterocycles. The molecule has 1 amide bonds. The minimum Gasteiger partial charge on any atom is -0.327 e. The molecule has 0 aliphatic carbocycles. The maximum absolute atomic E-state index is 12.7. The van der Waals surface area contributed by atoms with Gasteiger partial charge < -0.3 is 4.90 Å². The highest BCUT2D eigenvalue weighted by atomic mass is 19.4. The number of amides is 1. The summed E-state index contributed by atoms with van der Waals surface area (Å²) in [7, 11) is 0. The first-order valence-electron chi connectivity index (χ1n) is 7.70. The molecular weight excluding hydrogens is 307 g/mol. The molecule has 0 radical (unpaired) electrons. The normalized spacial score (nSPS) is 25.0. The number of hydrogen-bond donors (Lipinski definition) is 0. The zero-order chi connectivity index (χ0) is 16.4. The molecule has 2 fully saturated rings. The van der Waals surface area contributed by atoms with Crippen molar-refractivity contribution in [1.29, 1.82) is 0 Å². The largest absolute Gasteiger partial charge is 0.471 e. The van der Waals surface area contributed by atoms with Crippen LogP contribution >= 0.6 is 0 Å². The van der Waals surface area contributed by atoms with Crippen molar-refractivity contribution in [3.8, 4) is 0 Å². The second-order valence-corrected chi connectivity index (χ2v) is 5.87. The van der Waals surface area contributed by atoms with Gasteiger partial charge in [-0.15, -0.1) is 0 Å². The quantitative estimate of drug-likeness (QED) is 0.633. The van der Waals surface area contributed by atoms with E-state index < -0.39 is 18.1 Å². The van der Waals surface area contributed by atoms with Crippen LogP contribution in [0.1, 0.15) is 30.9 Å². The Bertz CT molecular complexity index is 588. The van der Waals surface area contributed by atoms with Crippen LogP contribution in [0, 0.1) is 0 Å². The van der Waals surface area contributed by atoms with Crippen LogP contribution in [0.5, 0.6) is 0 Å². The van der Waals surface area contributed by atoms with Crippen LogP contribution in [0.3, 0.4) is 0 Å². The zero-order valence-corrected chi connectivity index (χ0v) is 12.5. The highest BCUT2D eigenvalue weighted by Crippen LogP contribution is 2.34. The summed E-state index contributed by atoms with van der Waals surface area (Å²) in [6, 6.07) is 9.43. The number of nitrogens with zero attached hydrogens (tertiary/aromatic N) is 3. The summed E-state index contributed by atoms with van der Waals surface area (Å²) < 4.78 is 38.0. The summed E-state index contributed by atoms with van der Waals surface area (Å²) >= 11 is 0. The molecule has 23 heavy (non-hydrogen) atoms. The maximum atomic E-state index is 12.7. The van der Waals surface area contributed by atoms with Crippen LogP contribution in [0.15, 0.2) is 35.4 Å². The molecule has 7 heteroatoms. The molecule has 1 aromatic carbocycles. The van der Waals surface area contributed by atoms with E-state index in [-0.39, 0.29) is 12.6 Å². The van der Waals surface area contributed by atoms with Gasteiger partial charge in [-0.2, -0.15) is 18.3 Å². The van der Waals surface area contributed by atoms with Gasteiger partial charge in [0.25, 0.3) is 0 Å². The molecule has 2 aliphatic rings. The Labute approximate surface area is 132 Å². The molecule has 2 unspecified atom stereocenters. The summed E-state index contributed by atoms with van der Waals surface area (Å²) in [5.74, 6) is -1.76. The van der Waals surface area contributed by atoms with Crippen molar-refractivity contribution in [3.63, 3.8) is 0 Å². The summed E-state index contributed by atoms with van der Waals surface area (Å²) in [5.41, 5.74) is 1.14. The van der Waals surface area contributed by atoms with Crippen molar-refractivity contribution in [2.75, 3.05) is 13.1 Å². The van der Waals surface area contributed by atoms with E-state index in [2.05, 4.69) is 5.10 Å². The number of hydrogen-bond acceptors (Lipinski definition) is 3. The van der Waals surface area contributed by atoms with Gasteiger partial charge >= 0.3 is 12.1 Å². The summed E-state index contributed by atoms with van der Waals surface area (Å²) in [4.78, 5) is 12.4. The first-order chi connectivity index (χ1) is 11.0. The minimum atomic E-state index is -4.82. The predicted octanol–water partition coefficient (Wildman–Crippen LogP) is 2.97. The van der Waals surface area contributed by atoms with Crippen molar-refractivity contribution < 1.29 is 18.0 Å². The summed E-state index contributed by atoms with van der Waals surface area (Å²) in [6.45, 7) is 0.887. The number of likely N-dealkylation sites (tertiary alicyclic amines) is 1. The van der Waals surface area contributed by atoms with Crippen molar-refractivity contribution in [1.82, 2.24) is 9.91 Å². The van der Waals surface area contributed by atoms with Crippen molar-refractivity contribution >= 4 is 12.1 Å². The number of benzene rings is 1. The molecular formula is C16H18F3N3O. The number of piperidine rings is 1. The Morgan fingerprint density at radius 2 is 1.96 bits per heavy atom. The van der Waals surface area contributed by atoms with Crippen LogP contribution in [-0.4, -0.2) is 47.3 Å². The lowest BCUT2D eigenvalue weighted by Gasteiger charge is -2.33. The van der Waals surface area contributed by atoms with Gasteiger partial charge in [-0.1, -0.05) is 30.3 Å². The fraction of sp³-hybridized carbons (Fsp3) is 0.500. The Hall–Kier alpha value is -2.05. The van der Waals surface area contributed by atoms with E-state index in [1.165, 1.54) is 6.21 Å². The molecule has 0 aromatic heterocycles. The second kappa shape index (κ2) is 6.22. The fourth-order valence-corrected chi connectivity index (χ4v) is 2.90. The topological polar surface area (TPSA) is 35.7 Å². The maximum Gasteiger partial charge on any atom is 0.471 e. The monoisotopic (exact) mass is 325 g/mol. The highest BCUT2D eigenvalue weighted by molar-refractivity contribution is 5.85. The van der Waals surface area contributed by atoms with E-state index in [0.717, 1.165) is 23.4 Å². The van der Waals surface area contributed by atoms with E-state index >= 15 is 0 Å². The zero-order valence-electron chi connectivity index (χ0n) is 12.5. The van der Waals surface area contributed by atoms with Crippen molar-refractivity contribution in [2.24, 2.45) is 5.10 Å². The van der Waals surface area contributed by atoms with Crippen molar-refractivity contribution in [3.05, 3.63) is 35.9 Å². The first kappa shape index (κ1) is 15.8. The molecule has 0 N–H and O–H groups in total. The Morgan fingerprint density at radius 1 is 1.22 bits per heavy atom. The van der Waals surface area contributed by atoms with E-state index in [4.69, 9.17) is 0 Å². The Kier molecular flexibility index (Phi) is 4.28. The number of hydrazone groups is 1. The van der Waals surface area contributed by atoms with Crippen LogP contribution in [-0.2, 0) is 4.79 Å². The van der Waals surface area contributed by atoms with Crippen molar-refractivity contribution in [2.45, 2.75) is 37.5 Å². The summed E-state index contributed by atoms with van der Waals surface area (Å²) in [5, 5.41) is 6.10. The molecule has 2 aliphatic heterocycles. The van der Waals surface area contributed by atoms with Crippen LogP contribution in [0.25, 0.3) is 0 Å². The van der Waals surface area contributed by atoms with E-state index in [1.54, 1.807) is 0 Å². The molecule has 3 rings (SSSR count). The van der Waals surface area contributed by atoms with E-state index in [0.29, 0.717) is 12.8 Å². The molecule has 0 bridgehead atoms. The number of carbonyl (C=O) groups excluding carboxylic acids is 1. The summed E-state index contributed by atoms with van der Waals surface area (Å²) in [6.07, 6.45) is -1.40. The molecule has 0 saturated carbocycles. The van der Waals surface area contributed by atoms with Gasteiger partial charge in [0.1, 0.15) is 0 Å². The van der Waals surface area contributed by atoms with Gasteiger partial charge in [-0.25, -0.2) is 0 Å². The van der Waals surface area contributed by atoms with Gasteiger partial charge in [0.15, 0.2) is 0 Å². The predicted molar refractivity (Wildman–Crippen MR) is 79.8 cm³/mol. The van der Waals surface area contributed by atoms with Gasteiger partial charge in [-0.3, -0.25) is 9.80 Å². The average Bonchev–Trinajstić information content (AvgIpc) is 3.32. The average molecular weight is 325 g/mol. The minimum absolute atomic E-state index is 0.136. The van der Waals surface area contributed by atoms with Gasteiger partial charge in [-0.05, 0) is 24.8 Å². The van der Waals surface area contributed by atoms with Gasteiger partial charge in [0.05, 0.1) is 18.6 Å². The lowest BCUT2D eigenvalue weighted by molar-refractivity contribution is -0.187. The lowest BCUT2D eigenvalue weighted by Crippen LogP contribution is -2.50. The number of alkyl halides is 3. The third kappa shape index (κ3) is 3.65. The Morgan fingerprint density at radius 3 is 2.65 bits per heavy atom. The molecule has 0 spiro atoms. The fourth-order valence-electron chi connectivity index (χ4n) is 2.90. The molecule has 124 valence electrons. The molecule has 2 atom stereocenters. The molecule has 2 saturated heterocycles. The van der Waals surface area contributed by atoms with Crippen LogP contribution in [0.4, 0.5) is 13.2 Å². The smallest absolute Gasteiger partial charge is 0.327 e. The number of halogens is 3. The molecule has 4 nitrogen and oxygen atoms in total. The van der Waals surface area contributed by atoms with Crippen LogP contribution < -0.4 is 0 Å². The molecule has 1 aromatic rings. The van der Waals surface area contributed by atoms with E-state index in [1.807, 2.05) is 35.3 Å². The first-order valence-corrected chi connectivity index (χ1v) is 7.70. The standard InChI is InChI=1S/C16H18F3N3O/c17-16(18,19)15(23)21-9-5-4-8-13(21)10-20-22-11-14(22)12-6-2-1-3-7-12/h1-3,6-7,10,13-14H,4-5,8-9,11H2/b20-10+. The van der Waals surface area contributed by atoms with Gasteiger partial charge in [0, 0.05) is 12.8 Å². The van der Waals surface area contributed by atoms with Gasteiger partial charge in [0.2, 0.25) is 0 Å². The third-order valence-corrected chi connectivity index (χ3v) is 4.21. The lowest BCUT2D eigenvalue weighted by atomic mass is 10.0. The third-order valence-electron chi connectivity index (χ3n) is 4.21. The second-order valence-electron chi connectivity index (χ2n) is 5.87. The van der Waals surface area contributed by atoms with E-state index in [9.17, 15) is 18.0 Å². The highest BCUT2D eigenvalue weighted by Gasteiger charge is 2.45.